The number of rotatable bonds is 3. The number of carboxylic acid groups (broad SMARTS) is 1. The lowest BCUT2D eigenvalue weighted by atomic mass is 10.1. The number of hydrogen-bond donors (Lipinski definition) is 2. The van der Waals surface area contributed by atoms with Crippen LogP contribution in [0.5, 0.6) is 0 Å². The summed E-state index contributed by atoms with van der Waals surface area (Å²) in [5.41, 5.74) is 0.856. The fraction of sp³-hybridized carbons (Fsp3) is 0.222. The normalized spacial score (nSPS) is 14.9. The number of carbonyl (C=O) groups is 1. The molecule has 4 heteroatoms. The summed E-state index contributed by atoms with van der Waals surface area (Å²) in [6.45, 7) is 0. The van der Waals surface area contributed by atoms with E-state index in [1.165, 1.54) is 0 Å². The second kappa shape index (κ2) is 4.03. The summed E-state index contributed by atoms with van der Waals surface area (Å²) in [6, 6.07) is 9.15. The van der Waals surface area contributed by atoms with E-state index < -0.39 is 10.2 Å². The van der Waals surface area contributed by atoms with E-state index in [1.54, 1.807) is 0 Å². The molecule has 0 amide bonds. The Kier molecular flexibility index (Phi) is 3.22. The molecule has 0 aromatic heterocycles. The third kappa shape index (κ3) is 2.94. The van der Waals surface area contributed by atoms with Gasteiger partial charge in [-0.2, -0.15) is 0 Å². The molecular weight excluding hydrogens is 208 g/mol. The van der Waals surface area contributed by atoms with Gasteiger partial charge in [0.2, 0.25) is 0 Å². The Bertz CT molecular complexity index is 298. The standard InChI is InChI=1S/C9H9ClO2S/c10-9(13,8(11)12)6-7-4-2-1-3-5-7/h1-5,13H,6H2,(H,11,12). The second-order valence-electron chi connectivity index (χ2n) is 2.73. The maximum atomic E-state index is 10.6. The molecule has 0 saturated heterocycles. The Balaban J connectivity index is 2.75. The van der Waals surface area contributed by atoms with Gasteiger partial charge < -0.3 is 5.11 Å². The van der Waals surface area contributed by atoms with Crippen molar-refractivity contribution in [2.75, 3.05) is 0 Å². The van der Waals surface area contributed by atoms with E-state index in [1.807, 2.05) is 30.3 Å². The van der Waals surface area contributed by atoms with E-state index in [4.69, 9.17) is 16.7 Å². The van der Waals surface area contributed by atoms with Crippen LogP contribution < -0.4 is 0 Å². The maximum Gasteiger partial charge on any atom is 0.335 e. The van der Waals surface area contributed by atoms with E-state index in [9.17, 15) is 4.79 Å². The third-order valence-corrected chi connectivity index (χ3v) is 2.25. The second-order valence-corrected chi connectivity index (χ2v) is 4.40. The molecule has 0 fully saturated rings. The number of benzene rings is 1. The molecule has 13 heavy (non-hydrogen) atoms. The molecule has 1 aromatic rings. The van der Waals surface area contributed by atoms with Gasteiger partial charge in [0.1, 0.15) is 0 Å². The Morgan fingerprint density at radius 1 is 1.46 bits per heavy atom. The van der Waals surface area contributed by atoms with Gasteiger partial charge in [-0.1, -0.05) is 41.9 Å². The Morgan fingerprint density at radius 2 is 2.00 bits per heavy atom. The van der Waals surface area contributed by atoms with Crippen LogP contribution in [0, 0.1) is 0 Å². The van der Waals surface area contributed by atoms with Crippen LogP contribution in [0.25, 0.3) is 0 Å². The van der Waals surface area contributed by atoms with Crippen LogP contribution in [-0.2, 0) is 11.2 Å². The minimum Gasteiger partial charge on any atom is -0.479 e. The molecule has 1 unspecified atom stereocenters. The number of halogens is 1. The summed E-state index contributed by atoms with van der Waals surface area (Å²) in [7, 11) is 0. The molecule has 0 spiro atoms. The molecule has 1 atom stereocenters. The van der Waals surface area contributed by atoms with E-state index in [2.05, 4.69) is 12.6 Å². The molecule has 70 valence electrons. The minimum absolute atomic E-state index is 0.202. The monoisotopic (exact) mass is 216 g/mol. The molecular formula is C9H9ClO2S. The molecule has 0 aliphatic carbocycles. The molecule has 0 radical (unpaired) electrons. The zero-order valence-electron chi connectivity index (χ0n) is 6.77. The predicted molar refractivity (Wildman–Crippen MR) is 55.4 cm³/mol. The third-order valence-electron chi connectivity index (χ3n) is 1.61. The highest BCUT2D eigenvalue weighted by molar-refractivity contribution is 7.84. The van der Waals surface area contributed by atoms with E-state index in [-0.39, 0.29) is 6.42 Å². The van der Waals surface area contributed by atoms with Crippen LogP contribution in [0.1, 0.15) is 5.56 Å². The van der Waals surface area contributed by atoms with Crippen molar-refractivity contribution in [3.63, 3.8) is 0 Å². The molecule has 2 nitrogen and oxygen atoms in total. The number of carboxylic acids is 1. The van der Waals surface area contributed by atoms with Gasteiger partial charge in [-0.3, -0.25) is 0 Å². The summed E-state index contributed by atoms with van der Waals surface area (Å²) in [4.78, 5) is 10.6. The molecule has 0 bridgehead atoms. The largest absolute Gasteiger partial charge is 0.479 e. The van der Waals surface area contributed by atoms with Gasteiger partial charge in [-0.15, -0.1) is 12.6 Å². The first-order chi connectivity index (χ1) is 6.02. The average molecular weight is 217 g/mol. The van der Waals surface area contributed by atoms with Gasteiger partial charge in [0.15, 0.2) is 4.21 Å². The van der Waals surface area contributed by atoms with Crippen molar-refractivity contribution >= 4 is 30.2 Å². The Labute approximate surface area is 86.9 Å². The fourth-order valence-corrected chi connectivity index (χ4v) is 1.28. The SMILES string of the molecule is O=C(O)C(S)(Cl)Cc1ccccc1. The van der Waals surface area contributed by atoms with Gasteiger partial charge in [0, 0.05) is 6.42 Å². The lowest BCUT2D eigenvalue weighted by Crippen LogP contribution is -2.28. The van der Waals surface area contributed by atoms with Crippen LogP contribution in [-0.4, -0.2) is 15.3 Å². The van der Waals surface area contributed by atoms with Crippen molar-refractivity contribution in [1.29, 1.82) is 0 Å². The maximum absolute atomic E-state index is 10.6. The van der Waals surface area contributed by atoms with Crippen molar-refractivity contribution in [3.8, 4) is 0 Å². The molecule has 1 aromatic carbocycles. The summed E-state index contributed by atoms with van der Waals surface area (Å²) < 4.78 is -1.51. The van der Waals surface area contributed by atoms with E-state index in [0.717, 1.165) is 5.56 Å². The van der Waals surface area contributed by atoms with Crippen LogP contribution >= 0.6 is 24.2 Å². The predicted octanol–water partition coefficient (Wildman–Crippen LogP) is 2.18. The number of alkyl halides is 1. The zero-order chi connectivity index (χ0) is 9.90. The molecule has 0 saturated carbocycles. The number of thiol groups is 1. The molecule has 1 rings (SSSR count). The average Bonchev–Trinajstić information content (AvgIpc) is 2.05. The number of hydrogen-bond acceptors (Lipinski definition) is 2. The summed E-state index contributed by atoms with van der Waals surface area (Å²) in [5, 5.41) is 8.69. The first kappa shape index (κ1) is 10.4. The highest BCUT2D eigenvalue weighted by atomic mass is 35.5. The lowest BCUT2D eigenvalue weighted by molar-refractivity contribution is -0.137. The van der Waals surface area contributed by atoms with Gasteiger partial charge in [-0.05, 0) is 5.56 Å². The number of aliphatic carboxylic acids is 1. The summed E-state index contributed by atoms with van der Waals surface area (Å²) in [6.07, 6.45) is 0.202. The lowest BCUT2D eigenvalue weighted by Gasteiger charge is -2.14. The van der Waals surface area contributed by atoms with Crippen molar-refractivity contribution in [3.05, 3.63) is 35.9 Å². The zero-order valence-corrected chi connectivity index (χ0v) is 8.42. The van der Waals surface area contributed by atoms with E-state index >= 15 is 0 Å². The van der Waals surface area contributed by atoms with Gasteiger partial charge in [0.05, 0.1) is 0 Å². The summed E-state index contributed by atoms with van der Waals surface area (Å²) in [5.74, 6) is -1.12. The fourth-order valence-electron chi connectivity index (χ4n) is 0.942. The first-order valence-corrected chi connectivity index (χ1v) is 4.53. The van der Waals surface area contributed by atoms with Crippen LogP contribution in [0.3, 0.4) is 0 Å². The van der Waals surface area contributed by atoms with Crippen LogP contribution in [0.15, 0.2) is 30.3 Å². The quantitative estimate of drug-likeness (QED) is 0.600. The molecule has 0 heterocycles. The van der Waals surface area contributed by atoms with Crippen molar-refractivity contribution in [1.82, 2.24) is 0 Å². The Hall–Kier alpha value is -0.670. The topological polar surface area (TPSA) is 37.3 Å². The van der Waals surface area contributed by atoms with Crippen molar-refractivity contribution in [2.24, 2.45) is 0 Å². The molecule has 0 aliphatic heterocycles. The highest BCUT2D eigenvalue weighted by Gasteiger charge is 2.31. The first-order valence-electron chi connectivity index (χ1n) is 3.71. The van der Waals surface area contributed by atoms with Gasteiger partial charge in [-0.25, -0.2) is 4.79 Å². The Morgan fingerprint density at radius 3 is 2.46 bits per heavy atom. The van der Waals surface area contributed by atoms with Gasteiger partial charge in [0.25, 0.3) is 0 Å². The van der Waals surface area contributed by atoms with Crippen LogP contribution in [0.2, 0.25) is 0 Å². The van der Waals surface area contributed by atoms with E-state index in [0.29, 0.717) is 0 Å². The highest BCUT2D eigenvalue weighted by Crippen LogP contribution is 2.25. The van der Waals surface area contributed by atoms with Crippen molar-refractivity contribution < 1.29 is 9.90 Å². The van der Waals surface area contributed by atoms with Crippen LogP contribution in [0.4, 0.5) is 0 Å². The van der Waals surface area contributed by atoms with Crippen molar-refractivity contribution in [2.45, 2.75) is 10.6 Å². The molecule has 0 aliphatic rings. The molecule has 1 N–H and O–H groups in total. The minimum atomic E-state index is -1.51. The summed E-state index contributed by atoms with van der Waals surface area (Å²) >= 11 is 9.53. The van der Waals surface area contributed by atoms with Gasteiger partial charge >= 0.3 is 5.97 Å². The smallest absolute Gasteiger partial charge is 0.335 e.